The Morgan fingerprint density at radius 3 is 3.05 bits per heavy atom. The maximum atomic E-state index is 11.6. The maximum Gasteiger partial charge on any atom is 0.281 e. The summed E-state index contributed by atoms with van der Waals surface area (Å²) in [6.07, 6.45) is 2.18. The molecule has 0 aliphatic rings. The van der Waals surface area contributed by atoms with Gasteiger partial charge in [0.05, 0.1) is 0 Å². The van der Waals surface area contributed by atoms with Crippen molar-refractivity contribution >= 4 is 17.4 Å². The van der Waals surface area contributed by atoms with Crippen LogP contribution in [0.15, 0.2) is 23.1 Å². The van der Waals surface area contributed by atoms with E-state index in [2.05, 4.69) is 19.8 Å². The third-order valence-electron chi connectivity index (χ3n) is 2.34. The van der Waals surface area contributed by atoms with Crippen LogP contribution in [0.1, 0.15) is 22.0 Å². The first-order chi connectivity index (χ1) is 9.16. The Bertz CT molecular complexity index is 621. The highest BCUT2D eigenvalue weighted by atomic mass is 32.1. The average molecular weight is 279 g/mol. The number of amides is 1. The zero-order valence-corrected chi connectivity index (χ0v) is 11.2. The van der Waals surface area contributed by atoms with Gasteiger partial charge in [-0.05, 0) is 30.9 Å². The van der Waals surface area contributed by atoms with Crippen LogP contribution < -0.4 is 10.9 Å². The second kappa shape index (κ2) is 6.19. The zero-order chi connectivity index (χ0) is 13.7. The van der Waals surface area contributed by atoms with Gasteiger partial charge in [-0.25, -0.2) is 9.67 Å². The van der Waals surface area contributed by atoms with Crippen LogP contribution in [0.5, 0.6) is 0 Å². The van der Waals surface area contributed by atoms with Gasteiger partial charge in [0.25, 0.3) is 11.5 Å². The fourth-order valence-electron chi connectivity index (χ4n) is 1.45. The third kappa shape index (κ3) is 3.68. The average Bonchev–Trinajstić information content (AvgIpc) is 2.83. The minimum absolute atomic E-state index is 0.145. The Hall–Kier alpha value is -2.09. The van der Waals surface area contributed by atoms with Gasteiger partial charge in [-0.1, -0.05) is 0 Å². The number of carbonyl (C=O) groups excluding carboxylic acids is 1. The molecule has 0 saturated carbocycles. The summed E-state index contributed by atoms with van der Waals surface area (Å²) in [5.74, 6) is 0.356. The molecule has 0 radical (unpaired) electrons. The van der Waals surface area contributed by atoms with Gasteiger partial charge in [-0.15, -0.1) is 0 Å². The topological polar surface area (TPSA) is 89.8 Å². The van der Waals surface area contributed by atoms with Crippen molar-refractivity contribution in [1.82, 2.24) is 24.5 Å². The van der Waals surface area contributed by atoms with E-state index < -0.39 is 0 Å². The van der Waals surface area contributed by atoms with Crippen molar-refractivity contribution in [2.75, 3.05) is 6.54 Å². The number of rotatable bonds is 5. The van der Waals surface area contributed by atoms with Crippen molar-refractivity contribution in [3.63, 3.8) is 0 Å². The van der Waals surface area contributed by atoms with Crippen molar-refractivity contribution in [3.05, 3.63) is 39.5 Å². The van der Waals surface area contributed by atoms with Gasteiger partial charge >= 0.3 is 0 Å². The number of carbonyl (C=O) groups is 1. The van der Waals surface area contributed by atoms with Crippen molar-refractivity contribution in [3.8, 4) is 0 Å². The Kier molecular flexibility index (Phi) is 4.35. The predicted octanol–water partition coefficient (Wildman–Crippen LogP) is 0.223. The van der Waals surface area contributed by atoms with E-state index >= 15 is 0 Å². The third-order valence-corrected chi connectivity index (χ3v) is 3.14. The van der Waals surface area contributed by atoms with E-state index in [-0.39, 0.29) is 11.5 Å². The van der Waals surface area contributed by atoms with Gasteiger partial charge in [0.2, 0.25) is 5.01 Å². The van der Waals surface area contributed by atoms with Crippen LogP contribution in [-0.2, 0) is 6.54 Å². The van der Waals surface area contributed by atoms with E-state index in [0.29, 0.717) is 30.3 Å². The quantitative estimate of drug-likeness (QED) is 0.791. The first-order valence-corrected chi connectivity index (χ1v) is 6.55. The summed E-state index contributed by atoms with van der Waals surface area (Å²) in [6, 6.07) is 3.05. The monoisotopic (exact) mass is 279 g/mol. The number of aromatic nitrogens is 4. The van der Waals surface area contributed by atoms with E-state index in [1.54, 1.807) is 19.2 Å². The molecule has 2 heterocycles. The van der Waals surface area contributed by atoms with Gasteiger partial charge in [-0.2, -0.15) is 9.47 Å². The fraction of sp³-hybridized carbons (Fsp3) is 0.364. The normalized spacial score (nSPS) is 10.4. The molecule has 100 valence electrons. The Labute approximate surface area is 113 Å². The number of hydrogen-bond acceptors (Lipinski definition) is 6. The summed E-state index contributed by atoms with van der Waals surface area (Å²) in [7, 11) is 0. The van der Waals surface area contributed by atoms with Crippen LogP contribution in [0.2, 0.25) is 0 Å². The van der Waals surface area contributed by atoms with Crippen LogP contribution in [0.25, 0.3) is 0 Å². The highest BCUT2D eigenvalue weighted by Crippen LogP contribution is 2.02. The highest BCUT2D eigenvalue weighted by Gasteiger charge is 2.09. The number of hydrogen-bond donors (Lipinski definition) is 1. The molecule has 2 rings (SSSR count). The minimum Gasteiger partial charge on any atom is -0.350 e. The molecule has 0 spiro atoms. The Morgan fingerprint density at radius 2 is 2.37 bits per heavy atom. The molecule has 0 saturated heterocycles. The lowest BCUT2D eigenvalue weighted by Gasteiger charge is -2.04. The molecule has 0 fully saturated rings. The predicted molar refractivity (Wildman–Crippen MR) is 70.1 cm³/mol. The van der Waals surface area contributed by atoms with Gasteiger partial charge in [0.15, 0.2) is 0 Å². The summed E-state index contributed by atoms with van der Waals surface area (Å²) < 4.78 is 5.30. The Balaban J connectivity index is 1.77. The first-order valence-electron chi connectivity index (χ1n) is 5.77. The second-order valence-electron chi connectivity index (χ2n) is 3.84. The van der Waals surface area contributed by atoms with Gasteiger partial charge in [0, 0.05) is 25.4 Å². The number of aryl methyl sites for hydroxylation is 2. The summed E-state index contributed by atoms with van der Waals surface area (Å²) in [6.45, 7) is 2.66. The van der Waals surface area contributed by atoms with E-state index in [9.17, 15) is 9.59 Å². The van der Waals surface area contributed by atoms with Crippen LogP contribution in [0.4, 0.5) is 0 Å². The van der Waals surface area contributed by atoms with Crippen LogP contribution in [0, 0.1) is 6.92 Å². The SMILES string of the molecule is Cc1nsc(C(=O)NCCCn2ncccc2=O)n1. The molecular weight excluding hydrogens is 266 g/mol. The summed E-state index contributed by atoms with van der Waals surface area (Å²) in [5, 5.41) is 7.01. The lowest BCUT2D eigenvalue weighted by atomic mass is 10.4. The van der Waals surface area contributed by atoms with Crippen molar-refractivity contribution in [1.29, 1.82) is 0 Å². The van der Waals surface area contributed by atoms with Crippen LogP contribution in [-0.4, -0.2) is 31.6 Å². The van der Waals surface area contributed by atoms with Gasteiger partial charge in [0.1, 0.15) is 5.82 Å². The molecule has 0 bridgehead atoms. The van der Waals surface area contributed by atoms with Crippen molar-refractivity contribution < 1.29 is 4.79 Å². The fourth-order valence-corrected chi connectivity index (χ4v) is 2.04. The molecule has 8 heteroatoms. The molecule has 0 aromatic carbocycles. The molecule has 19 heavy (non-hydrogen) atoms. The van der Waals surface area contributed by atoms with E-state index in [0.717, 1.165) is 11.5 Å². The van der Waals surface area contributed by atoms with Gasteiger partial charge < -0.3 is 5.32 Å². The zero-order valence-electron chi connectivity index (χ0n) is 10.4. The summed E-state index contributed by atoms with van der Waals surface area (Å²) in [5.41, 5.74) is -0.145. The molecule has 2 aromatic rings. The molecular formula is C11H13N5O2S. The number of nitrogens with one attached hydrogen (secondary N) is 1. The lowest BCUT2D eigenvalue weighted by molar-refractivity contribution is 0.0952. The van der Waals surface area contributed by atoms with Gasteiger partial charge in [-0.3, -0.25) is 9.59 Å². The smallest absolute Gasteiger partial charge is 0.281 e. The second-order valence-corrected chi connectivity index (χ2v) is 4.59. The standard InChI is InChI=1S/C11H13N5O2S/c1-8-14-11(19-15-8)10(18)12-5-3-7-16-9(17)4-2-6-13-16/h2,4,6H,3,5,7H2,1H3,(H,12,18). The summed E-state index contributed by atoms with van der Waals surface area (Å²) in [4.78, 5) is 27.0. The van der Waals surface area contributed by atoms with E-state index in [4.69, 9.17) is 0 Å². The molecule has 0 atom stereocenters. The molecule has 0 aliphatic carbocycles. The minimum atomic E-state index is -0.237. The van der Waals surface area contributed by atoms with E-state index in [1.807, 2.05) is 0 Å². The molecule has 0 aliphatic heterocycles. The molecule has 7 nitrogen and oxygen atoms in total. The van der Waals surface area contributed by atoms with Crippen molar-refractivity contribution in [2.45, 2.75) is 19.9 Å². The van der Waals surface area contributed by atoms with E-state index in [1.165, 1.54) is 10.7 Å². The highest BCUT2D eigenvalue weighted by molar-refractivity contribution is 7.07. The lowest BCUT2D eigenvalue weighted by Crippen LogP contribution is -2.27. The molecule has 0 unspecified atom stereocenters. The summed E-state index contributed by atoms with van der Waals surface area (Å²) >= 11 is 1.07. The Morgan fingerprint density at radius 1 is 1.53 bits per heavy atom. The van der Waals surface area contributed by atoms with Crippen LogP contribution >= 0.6 is 11.5 Å². The first kappa shape index (κ1) is 13.3. The number of nitrogens with zero attached hydrogens (tertiary/aromatic N) is 4. The molecule has 1 amide bonds. The maximum absolute atomic E-state index is 11.6. The largest absolute Gasteiger partial charge is 0.350 e. The van der Waals surface area contributed by atoms with Crippen molar-refractivity contribution in [2.24, 2.45) is 0 Å². The molecule has 2 aromatic heterocycles. The molecule has 1 N–H and O–H groups in total. The van der Waals surface area contributed by atoms with Crippen LogP contribution in [0.3, 0.4) is 0 Å².